The third-order valence-corrected chi connectivity index (χ3v) is 2.77. The van der Waals surface area contributed by atoms with Gasteiger partial charge < -0.3 is 15.0 Å². The van der Waals surface area contributed by atoms with Gasteiger partial charge in [0.25, 0.3) is 0 Å². The van der Waals surface area contributed by atoms with E-state index in [9.17, 15) is 22.8 Å². The average Bonchev–Trinajstić information content (AvgIpc) is 2.65. The Hall–Kier alpha value is -2.06. The van der Waals surface area contributed by atoms with Gasteiger partial charge in [0.05, 0.1) is 0 Å². The number of hydrogen-bond acceptors (Lipinski definition) is 3. The van der Waals surface area contributed by atoms with Crippen LogP contribution in [0.2, 0.25) is 0 Å². The van der Waals surface area contributed by atoms with Crippen molar-refractivity contribution in [2.75, 3.05) is 5.32 Å². The highest BCUT2D eigenvalue weighted by atomic mass is 19.4. The topological polar surface area (TPSA) is 84.2 Å². The van der Waals surface area contributed by atoms with E-state index < -0.39 is 29.6 Å². The summed E-state index contributed by atoms with van der Waals surface area (Å²) in [7, 11) is 0. The summed E-state index contributed by atoms with van der Waals surface area (Å²) < 4.78 is 37.8. The van der Waals surface area contributed by atoms with E-state index in [1.807, 2.05) is 0 Å². The smallest absolute Gasteiger partial charge is 0.471 e. The molecule has 0 aliphatic carbocycles. The normalized spacial score (nSPS) is 14.9. The lowest BCUT2D eigenvalue weighted by Gasteiger charge is -2.14. The summed E-state index contributed by atoms with van der Waals surface area (Å²) in [4.78, 5) is 25.7. The highest BCUT2D eigenvalue weighted by Gasteiger charge is 2.40. The van der Waals surface area contributed by atoms with Gasteiger partial charge in [-0.15, -0.1) is 0 Å². The fourth-order valence-electron chi connectivity index (χ4n) is 1.97. The molecule has 1 aliphatic heterocycles. The van der Waals surface area contributed by atoms with Crippen LogP contribution in [-0.4, -0.2) is 32.7 Å². The van der Waals surface area contributed by atoms with Gasteiger partial charge in [-0.2, -0.15) is 13.2 Å². The van der Waals surface area contributed by atoms with Crippen LogP contribution in [0.4, 0.5) is 19.0 Å². The van der Waals surface area contributed by atoms with Crippen LogP contribution in [0.25, 0.3) is 0 Å². The molecule has 2 rings (SSSR count). The van der Waals surface area contributed by atoms with Crippen molar-refractivity contribution in [1.29, 1.82) is 0 Å². The van der Waals surface area contributed by atoms with E-state index in [-0.39, 0.29) is 0 Å². The van der Waals surface area contributed by atoms with Crippen molar-refractivity contribution in [3.8, 4) is 0 Å². The van der Waals surface area contributed by atoms with Crippen molar-refractivity contribution < 1.29 is 27.9 Å². The number of rotatable bonds is 2. The minimum Gasteiger partial charge on any atom is -0.476 e. The Kier molecular flexibility index (Phi) is 3.21. The summed E-state index contributed by atoms with van der Waals surface area (Å²) in [6, 6.07) is 0. The number of carboxylic acids is 1. The lowest BCUT2D eigenvalue weighted by atomic mass is 10.1. The Labute approximate surface area is 105 Å². The molecule has 0 fully saturated rings. The highest BCUT2D eigenvalue weighted by molar-refractivity contribution is 6.00. The van der Waals surface area contributed by atoms with Gasteiger partial charge in [0, 0.05) is 13.0 Å². The number of aryl methyl sites for hydroxylation is 1. The first kappa shape index (κ1) is 13.4. The standard InChI is InChI=1S/C10H10F3N3O3/c11-10(12,13)9(19)15-7-6(8(17)18)16-4-2-1-3-5(16)14-7/h1-4H2,(H,15,19)(H,17,18). The minimum absolute atomic E-state index is 0.367. The summed E-state index contributed by atoms with van der Waals surface area (Å²) in [6.45, 7) is 0.367. The molecule has 0 spiro atoms. The Bertz CT molecular complexity index is 536. The van der Waals surface area contributed by atoms with Gasteiger partial charge in [-0.1, -0.05) is 0 Å². The zero-order chi connectivity index (χ0) is 14.2. The molecule has 0 radical (unpaired) electrons. The predicted octanol–water partition coefficient (Wildman–Crippen LogP) is 1.42. The monoisotopic (exact) mass is 277 g/mol. The summed E-state index contributed by atoms with van der Waals surface area (Å²) in [6.07, 6.45) is -3.11. The number of nitrogens with zero attached hydrogens (tertiary/aromatic N) is 2. The quantitative estimate of drug-likeness (QED) is 0.856. The fourth-order valence-corrected chi connectivity index (χ4v) is 1.97. The number of anilines is 1. The molecule has 2 N–H and O–H groups in total. The van der Waals surface area contributed by atoms with Crippen LogP contribution in [0.15, 0.2) is 0 Å². The number of carbonyl (C=O) groups excluding carboxylic acids is 1. The number of imidazole rings is 1. The van der Waals surface area contributed by atoms with Crippen LogP contribution in [0, 0.1) is 0 Å². The van der Waals surface area contributed by atoms with E-state index in [0.29, 0.717) is 18.8 Å². The second-order valence-corrected chi connectivity index (χ2v) is 4.09. The number of aromatic nitrogens is 2. The molecule has 2 heterocycles. The van der Waals surface area contributed by atoms with Crippen LogP contribution >= 0.6 is 0 Å². The van der Waals surface area contributed by atoms with Gasteiger partial charge in [0.1, 0.15) is 5.82 Å². The van der Waals surface area contributed by atoms with Crippen LogP contribution in [0.5, 0.6) is 0 Å². The first-order chi connectivity index (χ1) is 8.80. The molecule has 1 aromatic rings. The molecule has 104 valence electrons. The van der Waals surface area contributed by atoms with Crippen molar-refractivity contribution in [1.82, 2.24) is 9.55 Å². The van der Waals surface area contributed by atoms with Crippen molar-refractivity contribution in [2.45, 2.75) is 32.0 Å². The number of halogens is 3. The molecular weight excluding hydrogens is 267 g/mol. The average molecular weight is 277 g/mol. The summed E-state index contributed by atoms with van der Waals surface area (Å²) >= 11 is 0. The minimum atomic E-state index is -5.08. The SMILES string of the molecule is O=C(O)c1c(NC(=O)C(F)(F)F)nc2n1CCCC2. The maximum absolute atomic E-state index is 12.2. The molecule has 0 saturated heterocycles. The van der Waals surface area contributed by atoms with Gasteiger partial charge in [0.2, 0.25) is 0 Å². The number of carbonyl (C=O) groups is 2. The molecule has 1 aromatic heterocycles. The number of nitrogens with one attached hydrogen (secondary N) is 1. The van der Waals surface area contributed by atoms with Gasteiger partial charge in [-0.3, -0.25) is 4.79 Å². The largest absolute Gasteiger partial charge is 0.476 e. The Morgan fingerprint density at radius 1 is 1.32 bits per heavy atom. The molecule has 0 aromatic carbocycles. The van der Waals surface area contributed by atoms with Crippen molar-refractivity contribution >= 4 is 17.7 Å². The maximum Gasteiger partial charge on any atom is 0.471 e. The molecule has 9 heteroatoms. The molecular formula is C10H10F3N3O3. The Morgan fingerprint density at radius 3 is 2.58 bits per heavy atom. The van der Waals surface area contributed by atoms with Gasteiger partial charge >= 0.3 is 18.1 Å². The van der Waals surface area contributed by atoms with Gasteiger partial charge in [-0.25, -0.2) is 9.78 Å². The first-order valence-electron chi connectivity index (χ1n) is 5.51. The van der Waals surface area contributed by atoms with E-state index in [1.54, 1.807) is 0 Å². The van der Waals surface area contributed by atoms with Gasteiger partial charge in [-0.05, 0) is 12.8 Å². The molecule has 0 saturated carbocycles. The second-order valence-electron chi connectivity index (χ2n) is 4.09. The molecule has 0 bridgehead atoms. The number of aromatic carboxylic acids is 1. The number of alkyl halides is 3. The molecule has 0 unspecified atom stereocenters. The molecule has 6 nitrogen and oxygen atoms in total. The number of amides is 1. The Balaban J connectivity index is 2.38. The lowest BCUT2D eigenvalue weighted by molar-refractivity contribution is -0.167. The zero-order valence-electron chi connectivity index (χ0n) is 9.62. The number of carboxylic acid groups (broad SMARTS) is 1. The van der Waals surface area contributed by atoms with E-state index in [4.69, 9.17) is 5.11 Å². The van der Waals surface area contributed by atoms with Crippen LogP contribution in [0.3, 0.4) is 0 Å². The highest BCUT2D eigenvalue weighted by Crippen LogP contribution is 2.25. The maximum atomic E-state index is 12.2. The Morgan fingerprint density at radius 2 is 2.00 bits per heavy atom. The lowest BCUT2D eigenvalue weighted by Crippen LogP contribution is -2.30. The van der Waals surface area contributed by atoms with Gasteiger partial charge in [0.15, 0.2) is 11.5 Å². The molecule has 19 heavy (non-hydrogen) atoms. The van der Waals surface area contributed by atoms with Crippen molar-refractivity contribution in [2.24, 2.45) is 0 Å². The fraction of sp³-hybridized carbons (Fsp3) is 0.500. The van der Waals surface area contributed by atoms with E-state index >= 15 is 0 Å². The van der Waals surface area contributed by atoms with E-state index in [0.717, 1.165) is 12.8 Å². The van der Waals surface area contributed by atoms with Crippen LogP contribution in [-0.2, 0) is 17.8 Å². The number of fused-ring (bicyclic) bond motifs is 1. The van der Waals surface area contributed by atoms with Crippen molar-refractivity contribution in [3.05, 3.63) is 11.5 Å². The third-order valence-electron chi connectivity index (χ3n) is 2.77. The van der Waals surface area contributed by atoms with Crippen LogP contribution in [0.1, 0.15) is 29.2 Å². The summed E-state index contributed by atoms with van der Waals surface area (Å²) in [5.41, 5.74) is -0.410. The number of hydrogen-bond donors (Lipinski definition) is 2. The summed E-state index contributed by atoms with van der Waals surface area (Å²) in [5.74, 6) is -3.82. The van der Waals surface area contributed by atoms with Crippen molar-refractivity contribution in [3.63, 3.8) is 0 Å². The summed E-state index contributed by atoms with van der Waals surface area (Å²) in [5, 5.41) is 10.5. The van der Waals surface area contributed by atoms with E-state index in [2.05, 4.69) is 4.98 Å². The van der Waals surface area contributed by atoms with Crippen LogP contribution < -0.4 is 5.32 Å². The second kappa shape index (κ2) is 4.56. The molecule has 1 aliphatic rings. The zero-order valence-corrected chi connectivity index (χ0v) is 9.62. The molecule has 1 amide bonds. The van der Waals surface area contributed by atoms with E-state index in [1.165, 1.54) is 9.88 Å². The third kappa shape index (κ3) is 2.54. The first-order valence-corrected chi connectivity index (χ1v) is 5.51. The molecule has 0 atom stereocenters. The predicted molar refractivity (Wildman–Crippen MR) is 56.8 cm³/mol.